The topological polar surface area (TPSA) is 91.3 Å². The maximum atomic E-state index is 13.3. The van der Waals surface area contributed by atoms with Crippen LogP contribution in [0.4, 0.5) is 0 Å². The molecule has 0 radical (unpaired) electrons. The van der Waals surface area contributed by atoms with Crippen LogP contribution in [0.5, 0.6) is 0 Å². The number of amides is 2. The van der Waals surface area contributed by atoms with E-state index in [1.807, 2.05) is 24.3 Å². The molecular weight excluding hydrogens is 454 g/mol. The van der Waals surface area contributed by atoms with Gasteiger partial charge in [0.25, 0.3) is 17.6 Å². The molecule has 5 rings (SSSR count). The number of aromatic amines is 1. The molecular formula is C25H22ClN5O3. The van der Waals surface area contributed by atoms with E-state index in [1.54, 1.807) is 29.3 Å². The maximum Gasteiger partial charge on any atom is 0.294 e. The summed E-state index contributed by atoms with van der Waals surface area (Å²) in [6.45, 7) is 1.51. The van der Waals surface area contributed by atoms with Crippen molar-refractivity contribution in [3.8, 4) is 11.4 Å². The fraction of sp³-hybridized carbons (Fsp3) is 0.200. The Kier molecular flexibility index (Phi) is 5.45. The molecule has 3 heterocycles. The van der Waals surface area contributed by atoms with Gasteiger partial charge in [0.2, 0.25) is 0 Å². The van der Waals surface area contributed by atoms with Gasteiger partial charge in [0, 0.05) is 55.4 Å². The molecule has 0 aliphatic carbocycles. The van der Waals surface area contributed by atoms with Gasteiger partial charge in [-0.15, -0.1) is 0 Å². The van der Waals surface area contributed by atoms with Crippen molar-refractivity contribution < 1.29 is 14.4 Å². The Bertz CT molecular complexity index is 1450. The van der Waals surface area contributed by atoms with E-state index in [1.165, 1.54) is 25.2 Å². The predicted molar refractivity (Wildman–Crippen MR) is 129 cm³/mol. The smallest absolute Gasteiger partial charge is 0.294 e. The number of aromatic nitrogens is 3. The van der Waals surface area contributed by atoms with Gasteiger partial charge in [-0.1, -0.05) is 23.7 Å². The Labute approximate surface area is 200 Å². The van der Waals surface area contributed by atoms with Crippen LogP contribution in [0.25, 0.3) is 22.3 Å². The molecule has 4 aromatic rings. The Morgan fingerprint density at radius 3 is 2.65 bits per heavy atom. The first kappa shape index (κ1) is 21.9. The number of carbonyl (C=O) groups is 3. The number of H-pyrrole nitrogens is 1. The van der Waals surface area contributed by atoms with Gasteiger partial charge in [-0.2, -0.15) is 0 Å². The summed E-state index contributed by atoms with van der Waals surface area (Å²) < 4.78 is 2.09. The summed E-state index contributed by atoms with van der Waals surface area (Å²) in [5.74, 6) is -0.589. The van der Waals surface area contributed by atoms with Crippen molar-refractivity contribution in [3.63, 3.8) is 0 Å². The molecule has 0 saturated heterocycles. The average Bonchev–Trinajstić information content (AvgIpc) is 3.46. The van der Waals surface area contributed by atoms with Crippen LogP contribution in [-0.2, 0) is 17.9 Å². The zero-order valence-electron chi connectivity index (χ0n) is 18.7. The highest BCUT2D eigenvalue weighted by Crippen LogP contribution is 2.30. The summed E-state index contributed by atoms with van der Waals surface area (Å²) in [7, 11) is 3.06. The summed E-state index contributed by atoms with van der Waals surface area (Å²) in [6, 6.07) is 12.7. The molecule has 9 heteroatoms. The molecule has 0 atom stereocenters. The number of ketones is 1. The SMILES string of the molecule is CN(C)C(=O)C(=O)c1c[nH]c2ccc(C(=O)N3CCn4c(cnc4-c4ccccc4Cl)C3)cc12. The summed E-state index contributed by atoms with van der Waals surface area (Å²) in [5, 5.41) is 1.18. The first-order valence-electron chi connectivity index (χ1n) is 10.8. The molecule has 0 saturated carbocycles. The van der Waals surface area contributed by atoms with E-state index in [2.05, 4.69) is 14.5 Å². The van der Waals surface area contributed by atoms with Gasteiger partial charge in [-0.3, -0.25) is 14.4 Å². The Morgan fingerprint density at radius 1 is 1.09 bits per heavy atom. The van der Waals surface area contributed by atoms with Gasteiger partial charge in [0.1, 0.15) is 5.82 Å². The Morgan fingerprint density at radius 2 is 1.88 bits per heavy atom. The number of rotatable bonds is 4. The highest BCUT2D eigenvalue weighted by Gasteiger charge is 2.26. The molecule has 34 heavy (non-hydrogen) atoms. The van der Waals surface area contributed by atoms with Crippen molar-refractivity contribution >= 4 is 40.1 Å². The van der Waals surface area contributed by atoms with Crippen LogP contribution in [0.1, 0.15) is 26.4 Å². The van der Waals surface area contributed by atoms with Gasteiger partial charge in [0.15, 0.2) is 0 Å². The molecule has 0 bridgehead atoms. The molecule has 1 aliphatic heterocycles. The first-order valence-corrected chi connectivity index (χ1v) is 11.2. The lowest BCUT2D eigenvalue weighted by Crippen LogP contribution is -2.38. The monoisotopic (exact) mass is 475 g/mol. The number of benzene rings is 2. The normalized spacial score (nSPS) is 13.1. The number of Topliss-reactive ketones (excluding diaryl/α,β-unsaturated/α-hetero) is 1. The number of halogens is 1. The molecule has 0 unspecified atom stereocenters. The van der Waals surface area contributed by atoms with Crippen molar-refractivity contribution in [1.29, 1.82) is 0 Å². The fourth-order valence-corrected chi connectivity index (χ4v) is 4.48. The number of carbonyl (C=O) groups excluding carboxylic acids is 3. The highest BCUT2D eigenvalue weighted by molar-refractivity contribution is 6.44. The van der Waals surface area contributed by atoms with Crippen molar-refractivity contribution in [2.45, 2.75) is 13.1 Å². The molecule has 1 aliphatic rings. The van der Waals surface area contributed by atoms with Crippen molar-refractivity contribution in [2.75, 3.05) is 20.6 Å². The van der Waals surface area contributed by atoms with Gasteiger partial charge >= 0.3 is 0 Å². The maximum absolute atomic E-state index is 13.3. The average molecular weight is 476 g/mol. The van der Waals surface area contributed by atoms with Gasteiger partial charge < -0.3 is 19.4 Å². The van der Waals surface area contributed by atoms with Crippen LogP contribution < -0.4 is 0 Å². The number of fused-ring (bicyclic) bond motifs is 2. The number of imidazole rings is 1. The number of nitrogens with zero attached hydrogens (tertiary/aromatic N) is 4. The van der Waals surface area contributed by atoms with Crippen LogP contribution in [0.2, 0.25) is 5.02 Å². The Hall–Kier alpha value is -3.91. The van der Waals surface area contributed by atoms with Crippen LogP contribution >= 0.6 is 11.6 Å². The molecule has 8 nitrogen and oxygen atoms in total. The van der Waals surface area contributed by atoms with E-state index < -0.39 is 11.7 Å². The third-order valence-corrected chi connectivity index (χ3v) is 6.39. The third kappa shape index (κ3) is 3.66. The second-order valence-corrected chi connectivity index (χ2v) is 8.83. The summed E-state index contributed by atoms with van der Waals surface area (Å²) in [6.07, 6.45) is 3.29. The van der Waals surface area contributed by atoms with Gasteiger partial charge in [0.05, 0.1) is 29.0 Å². The minimum absolute atomic E-state index is 0.146. The molecule has 2 aromatic heterocycles. The Balaban J connectivity index is 1.41. The van der Waals surface area contributed by atoms with E-state index in [0.717, 1.165) is 17.1 Å². The number of hydrogen-bond donors (Lipinski definition) is 1. The quantitative estimate of drug-likeness (QED) is 0.360. The summed E-state index contributed by atoms with van der Waals surface area (Å²) >= 11 is 6.36. The number of nitrogens with one attached hydrogen (secondary N) is 1. The van der Waals surface area contributed by atoms with Crippen molar-refractivity contribution in [2.24, 2.45) is 0 Å². The van der Waals surface area contributed by atoms with E-state index in [-0.39, 0.29) is 11.5 Å². The van der Waals surface area contributed by atoms with Crippen LogP contribution in [0.3, 0.4) is 0 Å². The lowest BCUT2D eigenvalue weighted by Gasteiger charge is -2.29. The first-order chi connectivity index (χ1) is 16.3. The number of hydrogen-bond acceptors (Lipinski definition) is 4. The minimum Gasteiger partial charge on any atom is -0.360 e. The molecule has 0 spiro atoms. The summed E-state index contributed by atoms with van der Waals surface area (Å²) in [5.41, 5.74) is 3.18. The zero-order chi connectivity index (χ0) is 24.0. The summed E-state index contributed by atoms with van der Waals surface area (Å²) in [4.78, 5) is 48.7. The lowest BCUT2D eigenvalue weighted by atomic mass is 10.0. The van der Waals surface area contributed by atoms with Crippen molar-refractivity contribution in [1.82, 2.24) is 24.3 Å². The van der Waals surface area contributed by atoms with E-state index >= 15 is 0 Å². The van der Waals surface area contributed by atoms with E-state index in [9.17, 15) is 14.4 Å². The molecule has 2 amide bonds. The molecule has 0 fully saturated rings. The van der Waals surface area contributed by atoms with E-state index in [0.29, 0.717) is 41.1 Å². The van der Waals surface area contributed by atoms with E-state index in [4.69, 9.17) is 11.6 Å². The lowest BCUT2D eigenvalue weighted by molar-refractivity contribution is -0.124. The third-order valence-electron chi connectivity index (χ3n) is 6.06. The molecule has 172 valence electrons. The zero-order valence-corrected chi connectivity index (χ0v) is 19.5. The number of likely N-dealkylation sites (N-methyl/N-ethyl adjacent to an activating group) is 1. The largest absolute Gasteiger partial charge is 0.360 e. The van der Waals surface area contributed by atoms with Crippen LogP contribution in [0, 0.1) is 0 Å². The van der Waals surface area contributed by atoms with Gasteiger partial charge in [-0.25, -0.2) is 4.98 Å². The second-order valence-electron chi connectivity index (χ2n) is 8.42. The van der Waals surface area contributed by atoms with Crippen molar-refractivity contribution in [3.05, 3.63) is 76.7 Å². The second kappa shape index (κ2) is 8.46. The van der Waals surface area contributed by atoms with Crippen LogP contribution in [-0.4, -0.2) is 62.6 Å². The van der Waals surface area contributed by atoms with Crippen LogP contribution in [0.15, 0.2) is 54.9 Å². The standard InChI is InChI=1S/C25H22ClN5O3/c1-29(2)25(34)22(32)19-13-27-21-8-7-15(11-18(19)21)24(33)30-9-10-31-16(14-30)12-28-23(31)17-5-3-4-6-20(17)26/h3-8,11-13,27H,9-10,14H2,1-2H3. The highest BCUT2D eigenvalue weighted by atomic mass is 35.5. The molecule has 2 aromatic carbocycles. The fourth-order valence-electron chi connectivity index (χ4n) is 4.26. The minimum atomic E-state index is -0.616. The van der Waals surface area contributed by atoms with Gasteiger partial charge in [-0.05, 0) is 30.3 Å². The predicted octanol–water partition coefficient (Wildman–Crippen LogP) is 3.61. The molecule has 1 N–H and O–H groups in total.